The van der Waals surface area contributed by atoms with E-state index in [-0.39, 0.29) is 11.7 Å². The number of halogens is 1. The van der Waals surface area contributed by atoms with Crippen LogP contribution in [0.3, 0.4) is 0 Å². The van der Waals surface area contributed by atoms with Gasteiger partial charge in [0, 0.05) is 0 Å². The predicted molar refractivity (Wildman–Crippen MR) is 67.3 cm³/mol. The second-order valence-electron chi connectivity index (χ2n) is 3.86. The lowest BCUT2D eigenvalue weighted by atomic mass is 9.99. The van der Waals surface area contributed by atoms with E-state index in [1.54, 1.807) is 25.1 Å². The third kappa shape index (κ3) is 2.74. The van der Waals surface area contributed by atoms with E-state index >= 15 is 0 Å². The highest BCUT2D eigenvalue weighted by molar-refractivity contribution is 9.10. The highest BCUT2D eigenvalue weighted by atomic mass is 79.9. The summed E-state index contributed by atoms with van der Waals surface area (Å²) in [5.74, 6) is -0.314. The molecule has 0 saturated carbocycles. The Kier molecular flexibility index (Phi) is 3.93. The Hall–Kier alpha value is -1.07. The number of hydrogen-bond acceptors (Lipinski definition) is 3. The van der Waals surface area contributed by atoms with E-state index in [0.29, 0.717) is 16.6 Å². The Labute approximate surface area is 103 Å². The van der Waals surface area contributed by atoms with Crippen LogP contribution in [0.4, 0.5) is 5.69 Å². The maximum atomic E-state index is 11.8. The van der Waals surface area contributed by atoms with Gasteiger partial charge in [-0.25, -0.2) is 0 Å². The van der Waals surface area contributed by atoms with Crippen molar-refractivity contribution in [3.63, 3.8) is 0 Å². The van der Waals surface area contributed by atoms with Crippen LogP contribution in [0.15, 0.2) is 22.7 Å². The zero-order chi connectivity index (χ0) is 12.3. The minimum absolute atomic E-state index is 0.00255. The molecule has 1 unspecified atom stereocenters. The van der Waals surface area contributed by atoms with Crippen LogP contribution in [0.25, 0.3) is 0 Å². The van der Waals surface area contributed by atoms with E-state index in [1.807, 2.05) is 6.92 Å². The fourth-order valence-electron chi connectivity index (χ4n) is 1.04. The average Bonchev–Trinajstić information content (AvgIpc) is 2.24. The minimum Gasteiger partial charge on any atom is -0.505 e. The number of phenolic OH excluding ortho intramolecular Hbond substituents is 1. The van der Waals surface area contributed by atoms with Crippen molar-refractivity contribution in [2.75, 3.05) is 5.32 Å². The number of carbonyl (C=O) groups excluding carboxylic acids is 1. The lowest BCUT2D eigenvalue weighted by Crippen LogP contribution is -2.47. The lowest BCUT2D eigenvalue weighted by molar-refractivity contribution is -0.120. The molecule has 0 aliphatic rings. The Morgan fingerprint density at radius 3 is 2.81 bits per heavy atom. The molecule has 1 atom stereocenters. The van der Waals surface area contributed by atoms with Crippen molar-refractivity contribution in [3.05, 3.63) is 22.7 Å². The number of benzene rings is 1. The first-order chi connectivity index (χ1) is 7.38. The smallest absolute Gasteiger partial charge is 0.244 e. The number of anilines is 1. The summed E-state index contributed by atoms with van der Waals surface area (Å²) in [4.78, 5) is 11.8. The molecule has 0 aliphatic carbocycles. The van der Waals surface area contributed by atoms with Crippen molar-refractivity contribution in [2.24, 2.45) is 5.73 Å². The molecule has 5 heteroatoms. The quantitative estimate of drug-likeness (QED) is 0.746. The number of amides is 1. The summed E-state index contributed by atoms with van der Waals surface area (Å²) in [5.41, 5.74) is 5.21. The standard InChI is InChI=1S/C11H15BrN2O2/c1-3-11(2,13)10(16)14-8-6-4-5-7(12)9(8)15/h4-6,15H,3,13H2,1-2H3,(H,14,16). The maximum absolute atomic E-state index is 11.8. The summed E-state index contributed by atoms with van der Waals surface area (Å²) in [7, 11) is 0. The fourth-order valence-corrected chi connectivity index (χ4v) is 1.41. The Bertz CT molecular complexity index is 405. The molecule has 0 saturated heterocycles. The third-order valence-electron chi connectivity index (χ3n) is 2.49. The maximum Gasteiger partial charge on any atom is 0.244 e. The fraction of sp³-hybridized carbons (Fsp3) is 0.364. The number of carbonyl (C=O) groups is 1. The largest absolute Gasteiger partial charge is 0.505 e. The number of phenols is 1. The highest BCUT2D eigenvalue weighted by Crippen LogP contribution is 2.31. The zero-order valence-corrected chi connectivity index (χ0v) is 10.8. The number of aromatic hydroxyl groups is 1. The Morgan fingerprint density at radius 1 is 1.62 bits per heavy atom. The van der Waals surface area contributed by atoms with E-state index in [1.165, 1.54) is 0 Å². The van der Waals surface area contributed by atoms with E-state index in [2.05, 4.69) is 21.2 Å². The number of hydrogen-bond donors (Lipinski definition) is 3. The van der Waals surface area contributed by atoms with Crippen molar-refractivity contribution in [1.29, 1.82) is 0 Å². The molecule has 1 rings (SSSR count). The summed E-state index contributed by atoms with van der Waals surface area (Å²) in [6.07, 6.45) is 0.521. The van der Waals surface area contributed by atoms with Crippen LogP contribution in [0, 0.1) is 0 Å². The molecular formula is C11H15BrN2O2. The van der Waals surface area contributed by atoms with Crippen LogP contribution < -0.4 is 11.1 Å². The van der Waals surface area contributed by atoms with Crippen LogP contribution in [-0.4, -0.2) is 16.6 Å². The molecule has 1 aromatic carbocycles. The number of nitrogens with two attached hydrogens (primary N) is 1. The van der Waals surface area contributed by atoms with Crippen molar-refractivity contribution in [3.8, 4) is 5.75 Å². The number of para-hydroxylation sites is 1. The van der Waals surface area contributed by atoms with Gasteiger partial charge in [0.2, 0.25) is 5.91 Å². The first-order valence-corrected chi connectivity index (χ1v) is 5.75. The molecular weight excluding hydrogens is 272 g/mol. The molecule has 0 spiro atoms. The summed E-state index contributed by atoms with van der Waals surface area (Å²) in [6.45, 7) is 3.48. The van der Waals surface area contributed by atoms with Crippen LogP contribution in [0.1, 0.15) is 20.3 Å². The lowest BCUT2D eigenvalue weighted by Gasteiger charge is -2.21. The van der Waals surface area contributed by atoms with Gasteiger partial charge in [-0.3, -0.25) is 4.79 Å². The van der Waals surface area contributed by atoms with E-state index < -0.39 is 5.54 Å². The Morgan fingerprint density at radius 2 is 2.25 bits per heavy atom. The van der Waals surface area contributed by atoms with Gasteiger partial charge in [-0.2, -0.15) is 0 Å². The SMILES string of the molecule is CCC(C)(N)C(=O)Nc1cccc(Br)c1O. The molecule has 0 fully saturated rings. The van der Waals surface area contributed by atoms with Crippen LogP contribution in [-0.2, 0) is 4.79 Å². The van der Waals surface area contributed by atoms with Gasteiger partial charge in [-0.05, 0) is 41.4 Å². The topological polar surface area (TPSA) is 75.4 Å². The van der Waals surface area contributed by atoms with Crippen LogP contribution in [0.5, 0.6) is 5.75 Å². The molecule has 0 heterocycles. The van der Waals surface area contributed by atoms with E-state index in [4.69, 9.17) is 5.73 Å². The van der Waals surface area contributed by atoms with Crippen molar-refractivity contribution < 1.29 is 9.90 Å². The summed E-state index contributed by atoms with van der Waals surface area (Å²) < 4.78 is 0.528. The molecule has 1 amide bonds. The van der Waals surface area contributed by atoms with Gasteiger partial charge < -0.3 is 16.2 Å². The van der Waals surface area contributed by atoms with Gasteiger partial charge in [0.25, 0.3) is 0 Å². The predicted octanol–water partition coefficient (Wildman–Crippen LogP) is 2.22. The van der Waals surface area contributed by atoms with E-state index in [9.17, 15) is 9.90 Å². The molecule has 1 aromatic rings. The van der Waals surface area contributed by atoms with Gasteiger partial charge >= 0.3 is 0 Å². The van der Waals surface area contributed by atoms with Gasteiger partial charge in [0.15, 0.2) is 5.75 Å². The molecule has 16 heavy (non-hydrogen) atoms. The van der Waals surface area contributed by atoms with Gasteiger partial charge in [0.1, 0.15) is 0 Å². The van der Waals surface area contributed by atoms with Crippen LogP contribution >= 0.6 is 15.9 Å². The molecule has 0 aliphatic heterocycles. The normalized spacial score (nSPS) is 14.2. The second kappa shape index (κ2) is 4.84. The minimum atomic E-state index is -0.936. The highest BCUT2D eigenvalue weighted by Gasteiger charge is 2.26. The molecule has 0 aromatic heterocycles. The Balaban J connectivity index is 2.90. The van der Waals surface area contributed by atoms with Crippen molar-refractivity contribution in [2.45, 2.75) is 25.8 Å². The number of nitrogens with one attached hydrogen (secondary N) is 1. The van der Waals surface area contributed by atoms with Crippen LogP contribution in [0.2, 0.25) is 0 Å². The summed E-state index contributed by atoms with van der Waals surface area (Å²) in [6, 6.07) is 5.02. The summed E-state index contributed by atoms with van der Waals surface area (Å²) in [5, 5.41) is 12.3. The first kappa shape index (κ1) is 13.0. The molecule has 88 valence electrons. The summed E-state index contributed by atoms with van der Waals surface area (Å²) >= 11 is 3.17. The zero-order valence-electron chi connectivity index (χ0n) is 9.25. The first-order valence-electron chi connectivity index (χ1n) is 4.96. The van der Waals surface area contributed by atoms with Crippen molar-refractivity contribution >= 4 is 27.5 Å². The molecule has 0 bridgehead atoms. The van der Waals surface area contributed by atoms with Gasteiger partial charge in [0.05, 0.1) is 15.7 Å². The second-order valence-corrected chi connectivity index (χ2v) is 4.72. The molecule has 4 N–H and O–H groups in total. The molecule has 0 radical (unpaired) electrons. The number of rotatable bonds is 3. The molecule has 4 nitrogen and oxygen atoms in total. The van der Waals surface area contributed by atoms with Crippen molar-refractivity contribution in [1.82, 2.24) is 0 Å². The average molecular weight is 287 g/mol. The monoisotopic (exact) mass is 286 g/mol. The van der Waals surface area contributed by atoms with Gasteiger partial charge in [-0.1, -0.05) is 13.0 Å². The van der Waals surface area contributed by atoms with E-state index in [0.717, 1.165) is 0 Å². The third-order valence-corrected chi connectivity index (χ3v) is 3.13. The van der Waals surface area contributed by atoms with Gasteiger partial charge in [-0.15, -0.1) is 0 Å².